The van der Waals surface area contributed by atoms with Crippen LogP contribution < -0.4 is 0 Å². The van der Waals surface area contributed by atoms with Gasteiger partial charge in [0.05, 0.1) is 12.5 Å². The first kappa shape index (κ1) is 15.0. The highest BCUT2D eigenvalue weighted by atomic mass is 35.5. The van der Waals surface area contributed by atoms with E-state index in [0.717, 1.165) is 37.7 Å². The first-order chi connectivity index (χ1) is 9.69. The van der Waals surface area contributed by atoms with Gasteiger partial charge < -0.3 is 4.74 Å². The molecule has 1 atom stereocenters. The molecular weight excluding hydrogens is 274 g/mol. The molecule has 1 heterocycles. The van der Waals surface area contributed by atoms with Gasteiger partial charge in [0.1, 0.15) is 5.15 Å². The van der Waals surface area contributed by atoms with E-state index in [0.29, 0.717) is 11.8 Å². The lowest BCUT2D eigenvalue weighted by atomic mass is 10.00. The van der Waals surface area contributed by atoms with Crippen LogP contribution in [0.1, 0.15) is 44.6 Å². The molecule has 4 heteroatoms. The van der Waals surface area contributed by atoms with Crippen molar-refractivity contribution < 1.29 is 9.53 Å². The summed E-state index contributed by atoms with van der Waals surface area (Å²) in [6, 6.07) is 3.81. The average Bonchev–Trinajstić information content (AvgIpc) is 2.65. The summed E-state index contributed by atoms with van der Waals surface area (Å²) in [6.07, 6.45) is 8.71. The van der Waals surface area contributed by atoms with Crippen LogP contribution in [-0.4, -0.2) is 17.6 Å². The van der Waals surface area contributed by atoms with Crippen LogP contribution in [0.5, 0.6) is 0 Å². The lowest BCUT2D eigenvalue weighted by Gasteiger charge is -2.11. The Hall–Kier alpha value is -1.35. The van der Waals surface area contributed by atoms with Crippen LogP contribution in [0.4, 0.5) is 0 Å². The number of aromatic nitrogens is 1. The third-order valence-corrected chi connectivity index (χ3v) is 3.81. The molecule has 1 aliphatic carbocycles. The monoisotopic (exact) mass is 293 g/mol. The Balaban J connectivity index is 2.00. The normalized spacial score (nSPS) is 21.5. The Morgan fingerprint density at radius 2 is 2.35 bits per heavy atom. The van der Waals surface area contributed by atoms with Crippen LogP contribution >= 0.6 is 11.6 Å². The number of hydrogen-bond donors (Lipinski definition) is 0. The molecule has 0 aromatic carbocycles. The van der Waals surface area contributed by atoms with Gasteiger partial charge in [0.2, 0.25) is 0 Å². The van der Waals surface area contributed by atoms with Gasteiger partial charge in [0.15, 0.2) is 0 Å². The molecule has 1 unspecified atom stereocenters. The third-order valence-electron chi connectivity index (χ3n) is 3.61. The molecule has 20 heavy (non-hydrogen) atoms. The van der Waals surface area contributed by atoms with E-state index in [9.17, 15) is 4.79 Å². The molecule has 0 amide bonds. The smallest absolute Gasteiger partial charge is 0.308 e. The molecule has 0 saturated heterocycles. The van der Waals surface area contributed by atoms with Crippen molar-refractivity contribution in [2.45, 2.75) is 39.0 Å². The number of ether oxygens (including phenoxy) is 1. The van der Waals surface area contributed by atoms with Crippen molar-refractivity contribution in [1.82, 2.24) is 4.98 Å². The lowest BCUT2D eigenvalue weighted by molar-refractivity contribution is -0.148. The quantitative estimate of drug-likeness (QED) is 0.475. The number of rotatable bonds is 3. The number of carbonyl (C=O) groups excluding carboxylic acids is 1. The van der Waals surface area contributed by atoms with E-state index in [4.69, 9.17) is 16.3 Å². The van der Waals surface area contributed by atoms with E-state index in [1.807, 2.05) is 19.1 Å². The SMILES string of the molecule is CCOC(=O)C1CCC/C(=C/c2ccnc(Cl)c2)CC1. The third kappa shape index (κ3) is 4.34. The minimum Gasteiger partial charge on any atom is -0.466 e. The summed E-state index contributed by atoms with van der Waals surface area (Å²) in [5.41, 5.74) is 2.45. The number of nitrogens with zero attached hydrogens (tertiary/aromatic N) is 1. The second-order valence-corrected chi connectivity index (χ2v) is 5.48. The first-order valence-corrected chi connectivity index (χ1v) is 7.54. The molecule has 1 aliphatic rings. The largest absolute Gasteiger partial charge is 0.466 e. The molecule has 0 bridgehead atoms. The van der Waals surface area contributed by atoms with Gasteiger partial charge in [-0.05, 0) is 56.7 Å². The predicted molar refractivity (Wildman–Crippen MR) is 80.4 cm³/mol. The molecule has 1 fully saturated rings. The Morgan fingerprint density at radius 1 is 1.50 bits per heavy atom. The van der Waals surface area contributed by atoms with Crippen LogP contribution in [0, 0.1) is 5.92 Å². The number of esters is 1. The van der Waals surface area contributed by atoms with Crippen molar-refractivity contribution in [3.05, 3.63) is 34.6 Å². The van der Waals surface area contributed by atoms with Gasteiger partial charge >= 0.3 is 5.97 Å². The Bertz CT molecular complexity index is 499. The second-order valence-electron chi connectivity index (χ2n) is 5.09. The van der Waals surface area contributed by atoms with Gasteiger partial charge in [-0.25, -0.2) is 4.98 Å². The fourth-order valence-electron chi connectivity index (χ4n) is 2.59. The number of carbonyl (C=O) groups is 1. The molecule has 108 valence electrons. The number of hydrogen-bond acceptors (Lipinski definition) is 3. The molecule has 2 rings (SSSR count). The summed E-state index contributed by atoms with van der Waals surface area (Å²) in [6.45, 7) is 2.32. The van der Waals surface area contributed by atoms with Crippen LogP contribution in [0.3, 0.4) is 0 Å². The zero-order chi connectivity index (χ0) is 14.4. The minimum atomic E-state index is -0.0410. The van der Waals surface area contributed by atoms with Crippen molar-refractivity contribution in [3.8, 4) is 0 Å². The Labute approximate surface area is 125 Å². The van der Waals surface area contributed by atoms with Crippen molar-refractivity contribution in [1.29, 1.82) is 0 Å². The Kier molecular flexibility index (Phi) is 5.60. The molecule has 3 nitrogen and oxygen atoms in total. The highest BCUT2D eigenvalue weighted by Crippen LogP contribution is 2.29. The lowest BCUT2D eigenvalue weighted by Crippen LogP contribution is -2.16. The summed E-state index contributed by atoms with van der Waals surface area (Å²) in [7, 11) is 0. The fraction of sp³-hybridized carbons (Fsp3) is 0.500. The van der Waals surface area contributed by atoms with Crippen LogP contribution in [0.2, 0.25) is 5.15 Å². The maximum absolute atomic E-state index is 11.8. The fourth-order valence-corrected chi connectivity index (χ4v) is 2.77. The van der Waals surface area contributed by atoms with Gasteiger partial charge in [-0.1, -0.05) is 23.3 Å². The standard InChI is InChI=1S/C16H20ClNO2/c1-2-20-16(19)14-5-3-4-12(6-7-14)10-13-8-9-18-15(17)11-13/h8-11,14H,2-7H2,1H3/b12-10-. The average molecular weight is 294 g/mol. The molecule has 0 aliphatic heterocycles. The molecule has 1 aromatic rings. The van der Waals surface area contributed by atoms with Crippen molar-refractivity contribution in [3.63, 3.8) is 0 Å². The number of pyridine rings is 1. The zero-order valence-corrected chi connectivity index (χ0v) is 12.5. The zero-order valence-electron chi connectivity index (χ0n) is 11.8. The number of halogens is 1. The van der Waals surface area contributed by atoms with Crippen molar-refractivity contribution in [2.75, 3.05) is 6.61 Å². The van der Waals surface area contributed by atoms with Crippen molar-refractivity contribution >= 4 is 23.6 Å². The molecule has 0 spiro atoms. The van der Waals surface area contributed by atoms with E-state index in [1.165, 1.54) is 5.57 Å². The van der Waals surface area contributed by atoms with Crippen molar-refractivity contribution in [2.24, 2.45) is 5.92 Å². The van der Waals surface area contributed by atoms with Gasteiger partial charge in [0, 0.05) is 6.20 Å². The molecular formula is C16H20ClNO2. The minimum absolute atomic E-state index is 0.0410. The summed E-state index contributed by atoms with van der Waals surface area (Å²) < 4.78 is 5.12. The van der Waals surface area contributed by atoms with Crippen LogP contribution in [0.15, 0.2) is 23.9 Å². The van der Waals surface area contributed by atoms with E-state index in [2.05, 4.69) is 11.1 Å². The maximum Gasteiger partial charge on any atom is 0.308 e. The summed E-state index contributed by atoms with van der Waals surface area (Å²) in [5.74, 6) is 0.0163. The van der Waals surface area contributed by atoms with Gasteiger partial charge in [0.25, 0.3) is 0 Å². The van der Waals surface area contributed by atoms with Gasteiger partial charge in [-0.15, -0.1) is 0 Å². The van der Waals surface area contributed by atoms with E-state index in [1.54, 1.807) is 6.20 Å². The highest BCUT2D eigenvalue weighted by Gasteiger charge is 2.22. The number of allylic oxidation sites excluding steroid dienone is 1. The first-order valence-electron chi connectivity index (χ1n) is 7.16. The van der Waals surface area contributed by atoms with E-state index >= 15 is 0 Å². The molecule has 1 saturated carbocycles. The van der Waals surface area contributed by atoms with Crippen LogP contribution in [-0.2, 0) is 9.53 Å². The Morgan fingerprint density at radius 3 is 3.10 bits per heavy atom. The summed E-state index contributed by atoms with van der Waals surface area (Å²) >= 11 is 5.89. The predicted octanol–water partition coefficient (Wildman–Crippen LogP) is 4.26. The molecule has 1 aromatic heterocycles. The highest BCUT2D eigenvalue weighted by molar-refractivity contribution is 6.29. The van der Waals surface area contributed by atoms with E-state index < -0.39 is 0 Å². The topological polar surface area (TPSA) is 39.2 Å². The van der Waals surface area contributed by atoms with Crippen LogP contribution in [0.25, 0.3) is 6.08 Å². The summed E-state index contributed by atoms with van der Waals surface area (Å²) in [4.78, 5) is 15.8. The van der Waals surface area contributed by atoms with E-state index in [-0.39, 0.29) is 11.9 Å². The molecule has 0 radical (unpaired) electrons. The van der Waals surface area contributed by atoms with Gasteiger partial charge in [-0.2, -0.15) is 0 Å². The maximum atomic E-state index is 11.8. The second kappa shape index (κ2) is 7.44. The van der Waals surface area contributed by atoms with Gasteiger partial charge in [-0.3, -0.25) is 4.79 Å². The molecule has 0 N–H and O–H groups in total. The summed E-state index contributed by atoms with van der Waals surface area (Å²) in [5, 5.41) is 0.511.